The molecule has 0 aliphatic heterocycles. The molecule has 2 aromatic rings. The van der Waals surface area contributed by atoms with Crippen molar-refractivity contribution >= 4 is 32.7 Å². The van der Waals surface area contributed by atoms with Crippen LogP contribution >= 0.6 is 0 Å². The number of hydrogen-bond acceptors (Lipinski definition) is 4. The van der Waals surface area contributed by atoms with Crippen molar-refractivity contribution in [2.45, 2.75) is 37.1 Å². The van der Waals surface area contributed by atoms with Crippen LogP contribution in [0.1, 0.15) is 31.7 Å². The smallest absolute Gasteiger partial charge is 0.322 e. The summed E-state index contributed by atoms with van der Waals surface area (Å²) in [4.78, 5) is 21.9. The van der Waals surface area contributed by atoms with Gasteiger partial charge >= 0.3 is 11.9 Å². The molecule has 1 unspecified atom stereocenters. The van der Waals surface area contributed by atoms with Crippen molar-refractivity contribution in [3.05, 3.63) is 42.0 Å². The highest BCUT2D eigenvalue weighted by Crippen LogP contribution is 2.29. The minimum Gasteiger partial charge on any atom is -0.481 e. The highest BCUT2D eigenvalue weighted by atomic mass is 32.2. The minimum atomic E-state index is -4.21. The lowest BCUT2D eigenvalue weighted by Gasteiger charge is -2.16. The van der Waals surface area contributed by atoms with E-state index in [4.69, 9.17) is 10.2 Å². The summed E-state index contributed by atoms with van der Waals surface area (Å²) in [7, 11) is -4.21. The average Bonchev–Trinajstić information content (AvgIpc) is 2.52. The van der Waals surface area contributed by atoms with Crippen LogP contribution in [0.4, 0.5) is 0 Å². The third kappa shape index (κ3) is 4.15. The van der Waals surface area contributed by atoms with Gasteiger partial charge in [-0.15, -0.1) is 0 Å². The first kappa shape index (κ1) is 18.9. The van der Waals surface area contributed by atoms with Gasteiger partial charge in [0.25, 0.3) is 0 Å². The topological polar surface area (TPSA) is 121 Å². The third-order valence-corrected chi connectivity index (χ3v) is 5.33. The average molecular weight is 365 g/mol. The Morgan fingerprint density at radius 3 is 2.20 bits per heavy atom. The summed E-state index contributed by atoms with van der Waals surface area (Å²) in [6.45, 7) is 3.98. The Morgan fingerprint density at radius 2 is 1.64 bits per heavy atom. The summed E-state index contributed by atoms with van der Waals surface area (Å²) in [5.41, 5.74) is 0.967. The van der Waals surface area contributed by atoms with Crippen LogP contribution in [-0.2, 0) is 19.6 Å². The second-order valence-electron chi connectivity index (χ2n) is 5.96. The van der Waals surface area contributed by atoms with Gasteiger partial charge in [0, 0.05) is 5.39 Å². The molecule has 8 heteroatoms. The number of carboxylic acids is 2. The summed E-state index contributed by atoms with van der Waals surface area (Å²) < 4.78 is 27.3. The van der Waals surface area contributed by atoms with Crippen molar-refractivity contribution < 1.29 is 28.2 Å². The molecule has 1 atom stereocenters. The Morgan fingerprint density at radius 1 is 1.04 bits per heavy atom. The lowest BCUT2D eigenvalue weighted by atomic mass is 9.96. The van der Waals surface area contributed by atoms with Crippen molar-refractivity contribution in [2.75, 3.05) is 0 Å². The van der Waals surface area contributed by atoms with Crippen molar-refractivity contribution in [3.8, 4) is 0 Å². The number of aliphatic carboxylic acids is 2. The van der Waals surface area contributed by atoms with Crippen molar-refractivity contribution in [1.82, 2.24) is 4.72 Å². The largest absolute Gasteiger partial charge is 0.481 e. The molecule has 0 amide bonds. The molecule has 0 fully saturated rings. The summed E-state index contributed by atoms with van der Waals surface area (Å²) in [5.74, 6) is -2.78. The number of sulfonamides is 1. The second-order valence-corrected chi connectivity index (χ2v) is 7.65. The molecule has 3 N–H and O–H groups in total. The molecule has 0 aliphatic rings. The fourth-order valence-electron chi connectivity index (χ4n) is 2.65. The van der Waals surface area contributed by atoms with Gasteiger partial charge in [-0.1, -0.05) is 44.2 Å². The van der Waals surface area contributed by atoms with Crippen LogP contribution in [0.15, 0.2) is 41.3 Å². The Labute approximate surface area is 145 Å². The highest BCUT2D eigenvalue weighted by Gasteiger charge is 2.28. The molecule has 0 heterocycles. The van der Waals surface area contributed by atoms with E-state index in [2.05, 4.69) is 0 Å². The number of benzene rings is 2. The maximum atomic E-state index is 12.7. The monoisotopic (exact) mass is 365 g/mol. The van der Waals surface area contributed by atoms with E-state index in [0.717, 1.165) is 10.9 Å². The summed E-state index contributed by atoms with van der Waals surface area (Å²) >= 11 is 0. The molecule has 134 valence electrons. The van der Waals surface area contributed by atoms with E-state index in [0.29, 0.717) is 5.39 Å². The molecular weight excluding hydrogens is 346 g/mol. The van der Waals surface area contributed by atoms with Gasteiger partial charge in [0.15, 0.2) is 0 Å². The fourth-order valence-corrected chi connectivity index (χ4v) is 4.06. The number of carbonyl (C=O) groups is 2. The molecule has 0 aromatic heterocycles. The van der Waals surface area contributed by atoms with Gasteiger partial charge in [-0.3, -0.25) is 9.59 Å². The van der Waals surface area contributed by atoms with Crippen LogP contribution in [0.3, 0.4) is 0 Å². The fraction of sp³-hybridized carbons (Fsp3) is 0.294. The highest BCUT2D eigenvalue weighted by molar-refractivity contribution is 7.89. The van der Waals surface area contributed by atoms with E-state index in [1.165, 1.54) is 6.07 Å². The number of rotatable bonds is 7. The zero-order valence-electron chi connectivity index (χ0n) is 13.8. The Bertz CT molecular complexity index is 920. The van der Waals surface area contributed by atoms with Gasteiger partial charge in [0.2, 0.25) is 10.0 Å². The first-order chi connectivity index (χ1) is 11.6. The van der Waals surface area contributed by atoms with Crippen LogP contribution in [-0.4, -0.2) is 36.6 Å². The molecule has 2 rings (SSSR count). The standard InChI is InChI=1S/C17H19NO6S/c1-10(2)11-5-3-7-13-12(11)6-4-8-15(13)25(23,24)18-14(17(21)22)9-16(19)20/h3-8,10,14,18H,9H2,1-2H3,(H,19,20)(H,21,22). The summed E-state index contributed by atoms with van der Waals surface area (Å²) in [6.07, 6.45) is -0.851. The molecule has 0 saturated carbocycles. The molecule has 2 aromatic carbocycles. The third-order valence-electron chi connectivity index (χ3n) is 3.80. The quantitative estimate of drug-likeness (QED) is 0.691. The lowest BCUT2D eigenvalue weighted by molar-refractivity contribution is -0.145. The van der Waals surface area contributed by atoms with Crippen LogP contribution in [0, 0.1) is 0 Å². The number of carboxylic acid groups (broad SMARTS) is 2. The Balaban J connectivity index is 2.54. The van der Waals surface area contributed by atoms with Crippen LogP contribution in [0.25, 0.3) is 10.8 Å². The zero-order chi connectivity index (χ0) is 18.8. The Kier molecular flexibility index (Phi) is 5.44. The lowest BCUT2D eigenvalue weighted by Crippen LogP contribution is -2.42. The van der Waals surface area contributed by atoms with E-state index in [1.807, 2.05) is 24.6 Å². The van der Waals surface area contributed by atoms with Gasteiger partial charge in [-0.2, -0.15) is 4.72 Å². The maximum absolute atomic E-state index is 12.7. The first-order valence-corrected chi connectivity index (χ1v) is 9.10. The maximum Gasteiger partial charge on any atom is 0.322 e. The second kappa shape index (κ2) is 7.20. The molecule has 0 bridgehead atoms. The number of nitrogens with one attached hydrogen (secondary N) is 1. The molecule has 7 nitrogen and oxygen atoms in total. The molecule has 0 saturated heterocycles. The SMILES string of the molecule is CC(C)c1cccc2c(S(=O)(=O)NC(CC(=O)O)C(=O)O)cccc12. The number of fused-ring (bicyclic) bond motifs is 1. The van der Waals surface area contributed by atoms with E-state index in [-0.39, 0.29) is 10.8 Å². The van der Waals surface area contributed by atoms with Gasteiger partial charge in [-0.25, -0.2) is 8.42 Å². The van der Waals surface area contributed by atoms with Gasteiger partial charge in [-0.05, 0) is 22.9 Å². The van der Waals surface area contributed by atoms with E-state index in [1.54, 1.807) is 24.3 Å². The molecule has 0 aliphatic carbocycles. The summed E-state index contributed by atoms with van der Waals surface area (Å²) in [5, 5.41) is 19.1. The van der Waals surface area contributed by atoms with E-state index < -0.39 is 34.4 Å². The van der Waals surface area contributed by atoms with Crippen LogP contribution in [0.5, 0.6) is 0 Å². The van der Waals surface area contributed by atoms with Crippen LogP contribution in [0.2, 0.25) is 0 Å². The van der Waals surface area contributed by atoms with Crippen molar-refractivity contribution in [1.29, 1.82) is 0 Å². The predicted octanol–water partition coefficient (Wildman–Crippen LogP) is 2.17. The molecular formula is C17H19NO6S. The van der Waals surface area contributed by atoms with Crippen molar-refractivity contribution in [2.24, 2.45) is 0 Å². The summed E-state index contributed by atoms with van der Waals surface area (Å²) in [6, 6.07) is 8.29. The normalized spacial score (nSPS) is 13.1. The van der Waals surface area contributed by atoms with Gasteiger partial charge in [0.05, 0.1) is 11.3 Å². The Hall–Kier alpha value is -2.45. The zero-order valence-corrected chi connectivity index (χ0v) is 14.6. The van der Waals surface area contributed by atoms with Gasteiger partial charge < -0.3 is 10.2 Å². The minimum absolute atomic E-state index is 0.0795. The van der Waals surface area contributed by atoms with Crippen molar-refractivity contribution in [3.63, 3.8) is 0 Å². The molecule has 25 heavy (non-hydrogen) atoms. The van der Waals surface area contributed by atoms with E-state index in [9.17, 15) is 18.0 Å². The first-order valence-electron chi connectivity index (χ1n) is 7.62. The molecule has 0 radical (unpaired) electrons. The van der Waals surface area contributed by atoms with E-state index >= 15 is 0 Å². The number of hydrogen-bond donors (Lipinski definition) is 3. The van der Waals surface area contributed by atoms with Crippen LogP contribution < -0.4 is 4.72 Å². The molecule has 0 spiro atoms. The predicted molar refractivity (Wildman–Crippen MR) is 92.0 cm³/mol. The van der Waals surface area contributed by atoms with Gasteiger partial charge in [0.1, 0.15) is 6.04 Å².